The zero-order chi connectivity index (χ0) is 33.4. The summed E-state index contributed by atoms with van der Waals surface area (Å²) in [6.07, 6.45) is 14.2. The van der Waals surface area contributed by atoms with E-state index in [0.717, 1.165) is 79.3 Å². The summed E-state index contributed by atoms with van der Waals surface area (Å²) in [6.45, 7) is 2.35. The predicted molar refractivity (Wildman–Crippen MR) is 189 cm³/mol. The molecule has 0 bridgehead atoms. The van der Waals surface area contributed by atoms with Gasteiger partial charge in [-0.05, 0) is 98.9 Å². The number of benzene rings is 3. The Labute approximate surface area is 285 Å². The zero-order valence-electron chi connectivity index (χ0n) is 27.7. The molecule has 0 radical (unpaired) electrons. The highest BCUT2D eigenvalue weighted by molar-refractivity contribution is 5.98. The lowest BCUT2D eigenvalue weighted by Crippen LogP contribution is -2.20. The fourth-order valence-corrected chi connectivity index (χ4v) is 6.69. The Bertz CT molecular complexity index is 1970. The van der Waals surface area contributed by atoms with Crippen molar-refractivity contribution in [2.45, 2.75) is 70.4 Å². The van der Waals surface area contributed by atoms with Gasteiger partial charge in [0.25, 0.3) is 0 Å². The average molecular weight is 660 g/mol. The van der Waals surface area contributed by atoms with E-state index in [-0.39, 0.29) is 11.9 Å². The summed E-state index contributed by atoms with van der Waals surface area (Å²) >= 11 is 0. The molecule has 0 amide bonds. The van der Waals surface area contributed by atoms with E-state index < -0.39 is 0 Å². The minimum absolute atomic E-state index is 0.187. The topological polar surface area (TPSA) is 106 Å². The fourth-order valence-electron chi connectivity index (χ4n) is 6.69. The quantitative estimate of drug-likeness (QED) is 0.118. The van der Waals surface area contributed by atoms with Gasteiger partial charge in [-0.2, -0.15) is 5.10 Å². The highest BCUT2D eigenvalue weighted by Crippen LogP contribution is 2.35. The Morgan fingerprint density at radius 1 is 0.837 bits per heavy atom. The predicted octanol–water partition coefficient (Wildman–Crippen LogP) is 8.14. The van der Waals surface area contributed by atoms with Crippen LogP contribution in [0.1, 0.15) is 61.4 Å². The van der Waals surface area contributed by atoms with Gasteiger partial charge in [-0.1, -0.05) is 36.8 Å². The molecule has 3 aromatic heterocycles. The van der Waals surface area contributed by atoms with E-state index in [1.165, 1.54) is 36.5 Å². The van der Waals surface area contributed by atoms with E-state index >= 15 is 0 Å². The van der Waals surface area contributed by atoms with Crippen molar-refractivity contribution in [3.05, 3.63) is 114 Å². The van der Waals surface area contributed by atoms with Crippen molar-refractivity contribution < 1.29 is 13.9 Å². The number of hydrogen-bond acceptors (Lipinski definition) is 7. The first-order valence-corrected chi connectivity index (χ1v) is 17.3. The van der Waals surface area contributed by atoms with E-state index in [1.807, 2.05) is 47.5 Å². The zero-order valence-corrected chi connectivity index (χ0v) is 27.7. The van der Waals surface area contributed by atoms with Gasteiger partial charge in [-0.3, -0.25) is 0 Å². The van der Waals surface area contributed by atoms with Gasteiger partial charge >= 0.3 is 0 Å². The first kappa shape index (κ1) is 32.5. The van der Waals surface area contributed by atoms with Crippen LogP contribution in [0.2, 0.25) is 0 Å². The van der Waals surface area contributed by atoms with E-state index in [1.54, 1.807) is 6.07 Å². The molecular formula is C39H42FN7O2. The number of nitrogens with two attached hydrogens (primary N) is 1. The molecule has 3 aromatic carbocycles. The molecule has 1 aliphatic rings. The lowest BCUT2D eigenvalue weighted by atomic mass is 10.1. The first-order chi connectivity index (χ1) is 24.1. The normalized spacial score (nSPS) is 13.7. The summed E-state index contributed by atoms with van der Waals surface area (Å²) in [6, 6.07) is 23.4. The number of aryl methyl sites for hydroxylation is 4. The summed E-state index contributed by atoms with van der Waals surface area (Å²) < 4.78 is 30.6. The van der Waals surface area contributed by atoms with Crippen LogP contribution < -0.4 is 10.5 Å². The number of hydrogen-bond donors (Lipinski definition) is 1. The molecule has 252 valence electrons. The maximum atomic E-state index is 14.7. The Kier molecular flexibility index (Phi) is 10.2. The second-order valence-corrected chi connectivity index (χ2v) is 12.7. The molecule has 6 aromatic rings. The molecule has 1 fully saturated rings. The van der Waals surface area contributed by atoms with Crippen LogP contribution in [0.4, 0.5) is 10.2 Å². The molecule has 0 atom stereocenters. The van der Waals surface area contributed by atoms with Crippen LogP contribution in [0.3, 0.4) is 0 Å². The van der Waals surface area contributed by atoms with E-state index in [4.69, 9.17) is 20.3 Å². The van der Waals surface area contributed by atoms with Gasteiger partial charge in [0, 0.05) is 43.3 Å². The van der Waals surface area contributed by atoms with Crippen LogP contribution in [0, 0.1) is 5.82 Å². The number of rotatable bonds is 14. The third-order valence-corrected chi connectivity index (χ3v) is 9.25. The highest BCUT2D eigenvalue weighted by atomic mass is 19.1. The molecule has 9 nitrogen and oxygen atoms in total. The second-order valence-electron chi connectivity index (χ2n) is 12.7. The Morgan fingerprint density at radius 3 is 2.49 bits per heavy atom. The van der Waals surface area contributed by atoms with Crippen LogP contribution >= 0.6 is 0 Å². The largest absolute Gasteiger partial charge is 0.457 e. The maximum Gasteiger partial charge on any atom is 0.164 e. The number of imidazole rings is 1. The summed E-state index contributed by atoms with van der Waals surface area (Å²) in [5.41, 5.74) is 12.2. The van der Waals surface area contributed by atoms with E-state index in [2.05, 4.69) is 49.9 Å². The van der Waals surface area contributed by atoms with Gasteiger partial charge in [-0.25, -0.2) is 24.0 Å². The van der Waals surface area contributed by atoms with Crippen LogP contribution in [0.15, 0.2) is 91.6 Å². The van der Waals surface area contributed by atoms with Gasteiger partial charge in [-0.15, -0.1) is 0 Å². The van der Waals surface area contributed by atoms with Crippen LogP contribution in [-0.4, -0.2) is 42.5 Å². The number of fused-ring (bicyclic) bond motifs is 1. The molecule has 2 N–H and O–H groups in total. The summed E-state index contributed by atoms with van der Waals surface area (Å²) in [5, 5.41) is 5.68. The smallest absolute Gasteiger partial charge is 0.164 e. The van der Waals surface area contributed by atoms with Crippen molar-refractivity contribution in [3.8, 4) is 22.8 Å². The molecule has 7 rings (SSSR count). The molecule has 0 unspecified atom stereocenters. The minimum Gasteiger partial charge on any atom is -0.457 e. The number of unbranched alkanes of at least 4 members (excludes halogenated alkanes) is 2. The lowest BCUT2D eigenvalue weighted by Gasteiger charge is -2.22. The molecule has 0 aliphatic carbocycles. The molecule has 0 saturated carbocycles. The lowest BCUT2D eigenvalue weighted by molar-refractivity contribution is 0.0674. The number of halogens is 1. The number of ether oxygens (including phenoxy) is 2. The molecule has 0 spiro atoms. The van der Waals surface area contributed by atoms with Crippen molar-refractivity contribution in [2.75, 3.05) is 18.9 Å². The summed E-state index contributed by atoms with van der Waals surface area (Å²) in [5.74, 6) is 1.15. The van der Waals surface area contributed by atoms with Crippen LogP contribution in [0.5, 0.6) is 11.5 Å². The standard InChI is InChI=1S/C39H42FN7O2/c40-31-22-29(11-7-12-33-25-42-27-46(33)19-6-2-5-10-28-8-3-1-4-9-28)23-35(24-31)49-34-15-13-30(14-16-34)37-36-38(41)43-26-44-39(36)47(45-37)32-17-20-48-21-18-32/h1,3-4,8-9,13-16,22-27,32H,2,5-7,10-12,17-21H2,(H2,41,43,44). The van der Waals surface area contributed by atoms with Crippen LogP contribution in [-0.2, 0) is 30.5 Å². The van der Waals surface area contributed by atoms with Crippen molar-refractivity contribution >= 4 is 16.9 Å². The van der Waals surface area contributed by atoms with Crippen molar-refractivity contribution in [3.63, 3.8) is 0 Å². The van der Waals surface area contributed by atoms with Crippen molar-refractivity contribution in [1.29, 1.82) is 0 Å². The number of nitrogen functional groups attached to an aromatic ring is 1. The Morgan fingerprint density at radius 2 is 1.65 bits per heavy atom. The monoisotopic (exact) mass is 659 g/mol. The second kappa shape index (κ2) is 15.4. The van der Waals surface area contributed by atoms with Gasteiger partial charge in [0.2, 0.25) is 0 Å². The number of anilines is 1. The van der Waals surface area contributed by atoms with E-state index in [0.29, 0.717) is 30.5 Å². The van der Waals surface area contributed by atoms with Gasteiger partial charge in [0.05, 0.1) is 17.8 Å². The minimum atomic E-state index is -0.315. The van der Waals surface area contributed by atoms with Gasteiger partial charge in [0.1, 0.15) is 35.2 Å². The number of nitrogens with zero attached hydrogens (tertiary/aromatic N) is 6. The molecule has 10 heteroatoms. The molecule has 1 aliphatic heterocycles. The Hall–Kier alpha value is -5.09. The molecular weight excluding hydrogens is 617 g/mol. The van der Waals surface area contributed by atoms with Crippen molar-refractivity contribution in [1.82, 2.24) is 29.3 Å². The number of aromatic nitrogens is 6. The first-order valence-electron chi connectivity index (χ1n) is 17.3. The van der Waals surface area contributed by atoms with Gasteiger partial charge < -0.3 is 19.8 Å². The molecule has 4 heterocycles. The van der Waals surface area contributed by atoms with Gasteiger partial charge in [0.15, 0.2) is 5.65 Å². The average Bonchev–Trinajstić information content (AvgIpc) is 3.74. The third kappa shape index (κ3) is 7.97. The van der Waals surface area contributed by atoms with E-state index in [9.17, 15) is 4.39 Å². The summed E-state index contributed by atoms with van der Waals surface area (Å²) in [7, 11) is 0. The third-order valence-electron chi connectivity index (χ3n) is 9.25. The maximum absolute atomic E-state index is 14.7. The Balaban J connectivity index is 0.950. The SMILES string of the molecule is Nc1ncnc2c1c(-c1ccc(Oc3cc(F)cc(CCCc4cncn4CCCCCc4ccccc4)c3)cc1)nn2C1CCOCC1. The van der Waals surface area contributed by atoms with Crippen molar-refractivity contribution in [2.24, 2.45) is 0 Å². The molecule has 1 saturated heterocycles. The van der Waals surface area contributed by atoms with Crippen LogP contribution in [0.25, 0.3) is 22.3 Å². The highest BCUT2D eigenvalue weighted by Gasteiger charge is 2.24. The fraction of sp³-hybridized carbons (Fsp3) is 0.333. The summed E-state index contributed by atoms with van der Waals surface area (Å²) in [4.78, 5) is 13.2. The molecule has 49 heavy (non-hydrogen) atoms.